The van der Waals surface area contributed by atoms with Crippen molar-refractivity contribution >= 4 is 34.3 Å². The summed E-state index contributed by atoms with van der Waals surface area (Å²) < 4.78 is 7.50. The highest BCUT2D eigenvalue weighted by Crippen LogP contribution is 2.36. The van der Waals surface area contributed by atoms with Crippen molar-refractivity contribution in [3.8, 4) is 0 Å². The van der Waals surface area contributed by atoms with Crippen LogP contribution in [-0.4, -0.2) is 23.2 Å². The van der Waals surface area contributed by atoms with Gasteiger partial charge in [0.25, 0.3) is 0 Å². The topological polar surface area (TPSA) is 43.6 Å². The molecule has 2 fully saturated rings. The van der Waals surface area contributed by atoms with Crippen LogP contribution >= 0.6 is 28.3 Å². The second-order valence-corrected chi connectivity index (χ2v) is 7.93. The fourth-order valence-electron chi connectivity index (χ4n) is 3.43. The molecule has 2 aliphatic rings. The van der Waals surface area contributed by atoms with Crippen LogP contribution in [0, 0.1) is 6.92 Å². The SMILES string of the molecule is Br.CCOC(=O)Cc1c(C)sc(=NC2CCCCCC2)n1C1CC1. The summed E-state index contributed by atoms with van der Waals surface area (Å²) >= 11 is 1.76. The van der Waals surface area contributed by atoms with E-state index in [2.05, 4.69) is 11.5 Å². The quantitative estimate of drug-likeness (QED) is 0.523. The van der Waals surface area contributed by atoms with Gasteiger partial charge < -0.3 is 9.30 Å². The van der Waals surface area contributed by atoms with E-state index in [0.29, 0.717) is 25.1 Å². The molecule has 0 N–H and O–H groups in total. The summed E-state index contributed by atoms with van der Waals surface area (Å²) in [5.74, 6) is -0.121. The van der Waals surface area contributed by atoms with E-state index in [1.54, 1.807) is 11.3 Å². The van der Waals surface area contributed by atoms with E-state index in [0.717, 1.165) is 10.5 Å². The Bertz CT molecular complexity index is 611. The van der Waals surface area contributed by atoms with Crippen molar-refractivity contribution in [2.24, 2.45) is 4.99 Å². The van der Waals surface area contributed by atoms with Crippen LogP contribution in [0.1, 0.15) is 74.9 Å². The highest BCUT2D eigenvalue weighted by atomic mass is 79.9. The Morgan fingerprint density at radius 1 is 1.21 bits per heavy atom. The van der Waals surface area contributed by atoms with Crippen molar-refractivity contribution in [1.82, 2.24) is 4.57 Å². The largest absolute Gasteiger partial charge is 0.466 e. The minimum Gasteiger partial charge on any atom is -0.466 e. The maximum absolute atomic E-state index is 11.9. The third-order valence-corrected chi connectivity index (χ3v) is 5.82. The molecule has 24 heavy (non-hydrogen) atoms. The van der Waals surface area contributed by atoms with Crippen LogP contribution < -0.4 is 4.80 Å². The molecular weight excluding hydrogens is 388 g/mol. The van der Waals surface area contributed by atoms with E-state index in [-0.39, 0.29) is 23.0 Å². The Kier molecular flexibility index (Phi) is 7.54. The zero-order valence-electron chi connectivity index (χ0n) is 14.8. The second-order valence-electron chi connectivity index (χ2n) is 6.74. The Morgan fingerprint density at radius 2 is 1.88 bits per heavy atom. The smallest absolute Gasteiger partial charge is 0.311 e. The molecule has 3 rings (SSSR count). The van der Waals surface area contributed by atoms with Crippen LogP contribution in [0.4, 0.5) is 0 Å². The molecule has 6 heteroatoms. The first-order chi connectivity index (χ1) is 11.2. The molecule has 4 nitrogen and oxygen atoms in total. The fourth-order valence-corrected chi connectivity index (χ4v) is 4.55. The van der Waals surface area contributed by atoms with E-state index in [4.69, 9.17) is 9.73 Å². The number of aromatic nitrogens is 1. The molecular formula is C18H29BrN2O2S. The number of hydrogen-bond donors (Lipinski definition) is 0. The third kappa shape index (κ3) is 4.94. The van der Waals surface area contributed by atoms with Crippen molar-refractivity contribution < 1.29 is 9.53 Å². The van der Waals surface area contributed by atoms with Crippen LogP contribution in [0.25, 0.3) is 0 Å². The van der Waals surface area contributed by atoms with Crippen LogP contribution in [0.3, 0.4) is 0 Å². The number of aryl methyl sites for hydroxylation is 1. The van der Waals surface area contributed by atoms with Gasteiger partial charge in [-0.2, -0.15) is 0 Å². The molecule has 136 valence electrons. The van der Waals surface area contributed by atoms with Gasteiger partial charge in [0.1, 0.15) is 0 Å². The molecule has 2 saturated carbocycles. The van der Waals surface area contributed by atoms with Gasteiger partial charge in [0.2, 0.25) is 0 Å². The monoisotopic (exact) mass is 416 g/mol. The summed E-state index contributed by atoms with van der Waals surface area (Å²) in [5.41, 5.74) is 1.13. The fraction of sp³-hybridized carbons (Fsp3) is 0.778. The maximum atomic E-state index is 11.9. The number of ether oxygens (including phenoxy) is 1. The number of nitrogens with zero attached hydrogens (tertiary/aromatic N) is 2. The molecule has 0 aromatic carbocycles. The Balaban J connectivity index is 0.00000208. The van der Waals surface area contributed by atoms with Gasteiger partial charge in [-0.1, -0.05) is 25.7 Å². The molecule has 0 saturated heterocycles. The molecule has 1 aromatic rings. The standard InChI is InChI=1S/C18H28N2O2S.BrH/c1-3-22-17(21)12-16-13(2)23-18(20(16)15-10-11-15)19-14-8-6-4-5-7-9-14;/h14-15H,3-12H2,1-2H3;1H. The summed E-state index contributed by atoms with van der Waals surface area (Å²) in [6.07, 6.45) is 10.6. The average Bonchev–Trinajstić information content (AvgIpc) is 3.31. The summed E-state index contributed by atoms with van der Waals surface area (Å²) in [5, 5.41) is 0. The van der Waals surface area contributed by atoms with E-state index >= 15 is 0 Å². The zero-order chi connectivity index (χ0) is 16.2. The van der Waals surface area contributed by atoms with Gasteiger partial charge in [-0.15, -0.1) is 28.3 Å². The zero-order valence-corrected chi connectivity index (χ0v) is 17.3. The highest BCUT2D eigenvalue weighted by Gasteiger charge is 2.29. The van der Waals surface area contributed by atoms with Gasteiger partial charge in [-0.05, 0) is 39.5 Å². The number of rotatable bonds is 5. The normalized spacial score (nSPS) is 19.7. The number of halogens is 1. The number of carbonyl (C=O) groups is 1. The minimum atomic E-state index is -0.121. The molecule has 2 aliphatic carbocycles. The summed E-state index contributed by atoms with van der Waals surface area (Å²) in [7, 11) is 0. The summed E-state index contributed by atoms with van der Waals surface area (Å²) in [4.78, 5) is 19.4. The first kappa shape index (κ1) is 19.7. The van der Waals surface area contributed by atoms with Crippen molar-refractivity contribution in [1.29, 1.82) is 0 Å². The summed E-state index contributed by atoms with van der Waals surface area (Å²) in [6.45, 7) is 4.43. The molecule has 0 atom stereocenters. The van der Waals surface area contributed by atoms with Crippen LogP contribution in [0.15, 0.2) is 4.99 Å². The lowest BCUT2D eigenvalue weighted by Gasteiger charge is -2.10. The van der Waals surface area contributed by atoms with Gasteiger partial charge in [-0.3, -0.25) is 9.79 Å². The van der Waals surface area contributed by atoms with E-state index in [9.17, 15) is 4.79 Å². The van der Waals surface area contributed by atoms with Gasteiger partial charge in [0.15, 0.2) is 4.80 Å². The van der Waals surface area contributed by atoms with Crippen molar-refractivity contribution in [2.45, 2.75) is 83.7 Å². The van der Waals surface area contributed by atoms with Gasteiger partial charge in [-0.25, -0.2) is 0 Å². The number of hydrogen-bond acceptors (Lipinski definition) is 4. The second kappa shape index (κ2) is 9.18. The van der Waals surface area contributed by atoms with E-state index in [1.165, 1.54) is 56.2 Å². The molecule has 1 aromatic heterocycles. The Labute approximate surface area is 159 Å². The third-order valence-electron chi connectivity index (χ3n) is 4.79. The van der Waals surface area contributed by atoms with Crippen LogP contribution in [0.2, 0.25) is 0 Å². The lowest BCUT2D eigenvalue weighted by Crippen LogP contribution is -2.21. The lowest BCUT2D eigenvalue weighted by atomic mass is 10.1. The van der Waals surface area contributed by atoms with E-state index < -0.39 is 0 Å². The molecule has 1 heterocycles. The van der Waals surface area contributed by atoms with Gasteiger partial charge in [0, 0.05) is 16.6 Å². The van der Waals surface area contributed by atoms with E-state index in [1.807, 2.05) is 6.92 Å². The Hall–Kier alpha value is -0.620. The van der Waals surface area contributed by atoms with Crippen LogP contribution in [-0.2, 0) is 16.0 Å². The predicted octanol–water partition coefficient (Wildman–Crippen LogP) is 4.50. The molecule has 0 amide bonds. The predicted molar refractivity (Wildman–Crippen MR) is 103 cm³/mol. The molecule has 0 unspecified atom stereocenters. The summed E-state index contributed by atoms with van der Waals surface area (Å²) in [6, 6.07) is 1.02. The van der Waals surface area contributed by atoms with Gasteiger partial charge in [0.05, 0.1) is 19.1 Å². The highest BCUT2D eigenvalue weighted by molar-refractivity contribution is 8.93. The van der Waals surface area contributed by atoms with Crippen LogP contribution in [0.5, 0.6) is 0 Å². The van der Waals surface area contributed by atoms with Crippen molar-refractivity contribution in [3.05, 3.63) is 15.4 Å². The maximum Gasteiger partial charge on any atom is 0.311 e. The average molecular weight is 417 g/mol. The lowest BCUT2D eigenvalue weighted by molar-refractivity contribution is -0.142. The minimum absolute atomic E-state index is 0. The number of carbonyl (C=O) groups excluding carboxylic acids is 1. The number of thiazole rings is 1. The number of esters is 1. The molecule has 0 bridgehead atoms. The van der Waals surface area contributed by atoms with Gasteiger partial charge >= 0.3 is 5.97 Å². The molecule has 0 spiro atoms. The molecule has 0 radical (unpaired) electrons. The van der Waals surface area contributed by atoms with Crippen molar-refractivity contribution in [2.75, 3.05) is 6.61 Å². The first-order valence-corrected chi connectivity index (χ1v) is 9.91. The Morgan fingerprint density at radius 3 is 2.46 bits per heavy atom. The van der Waals surface area contributed by atoms with Crippen molar-refractivity contribution in [3.63, 3.8) is 0 Å². The first-order valence-electron chi connectivity index (χ1n) is 9.09. The molecule has 0 aliphatic heterocycles.